The van der Waals surface area contributed by atoms with Crippen LogP contribution in [0.2, 0.25) is 0 Å². The number of hydrogen-bond acceptors (Lipinski definition) is 0. The van der Waals surface area contributed by atoms with Crippen molar-refractivity contribution in [2.24, 2.45) is 22.2 Å². The minimum atomic E-state index is 0.431. The fourth-order valence-corrected chi connectivity index (χ4v) is 4.62. The quantitative estimate of drug-likeness (QED) is 0.346. The van der Waals surface area contributed by atoms with Crippen LogP contribution in [-0.2, 0) is 0 Å². The fraction of sp³-hybridized carbons (Fsp3) is 0.800. The lowest BCUT2D eigenvalue weighted by Gasteiger charge is -2.31. The maximum atomic E-state index is 2.43. The van der Waals surface area contributed by atoms with E-state index < -0.39 is 0 Å². The average Bonchev–Trinajstić information content (AvgIpc) is 2.69. The van der Waals surface area contributed by atoms with E-state index in [9.17, 15) is 0 Å². The second-order valence-electron chi connectivity index (χ2n) is 12.8. The van der Waals surface area contributed by atoms with Crippen molar-refractivity contribution in [3.63, 3.8) is 0 Å². The van der Waals surface area contributed by atoms with Gasteiger partial charge in [0.2, 0.25) is 0 Å². The molecule has 0 spiro atoms. The van der Waals surface area contributed by atoms with Gasteiger partial charge in [-0.25, -0.2) is 0 Å². The van der Waals surface area contributed by atoms with Crippen LogP contribution in [0.4, 0.5) is 0 Å². The molecule has 3 rings (SSSR count). The Morgan fingerprint density at radius 3 is 1.27 bits per heavy atom. The zero-order valence-corrected chi connectivity index (χ0v) is 22.2. The van der Waals surface area contributed by atoms with E-state index >= 15 is 0 Å². The summed E-state index contributed by atoms with van der Waals surface area (Å²) < 4.78 is 0. The Hall–Kier alpha value is -0.780. The second-order valence-corrected chi connectivity index (χ2v) is 12.8. The zero-order chi connectivity index (χ0) is 22.8. The number of hydrogen-bond donors (Lipinski definition) is 0. The molecular formula is C30H54. The number of rotatable bonds is 0. The van der Waals surface area contributed by atoms with Gasteiger partial charge in [0.25, 0.3) is 0 Å². The third-order valence-electron chi connectivity index (χ3n) is 7.00. The van der Waals surface area contributed by atoms with E-state index in [0.717, 1.165) is 5.92 Å². The minimum absolute atomic E-state index is 0.431. The van der Waals surface area contributed by atoms with Crippen LogP contribution in [0.5, 0.6) is 0 Å². The molecule has 3 aliphatic rings. The molecule has 1 atom stereocenters. The molecule has 0 N–H and O–H groups in total. The summed E-state index contributed by atoms with van der Waals surface area (Å²) in [6.45, 7) is 20.9. The van der Waals surface area contributed by atoms with Crippen molar-refractivity contribution in [1.29, 1.82) is 0 Å². The zero-order valence-electron chi connectivity index (χ0n) is 22.2. The fourth-order valence-electron chi connectivity index (χ4n) is 4.62. The molecule has 0 amide bonds. The summed E-state index contributed by atoms with van der Waals surface area (Å²) in [7, 11) is 0. The molecule has 0 bridgehead atoms. The Labute approximate surface area is 190 Å². The molecule has 174 valence electrons. The van der Waals surface area contributed by atoms with Crippen LogP contribution in [0.3, 0.4) is 0 Å². The molecule has 30 heavy (non-hydrogen) atoms. The van der Waals surface area contributed by atoms with Crippen molar-refractivity contribution in [1.82, 2.24) is 0 Å². The highest BCUT2D eigenvalue weighted by molar-refractivity contribution is 5.13. The van der Waals surface area contributed by atoms with Gasteiger partial charge >= 0.3 is 0 Å². The highest BCUT2D eigenvalue weighted by atomic mass is 14.3. The van der Waals surface area contributed by atoms with Crippen molar-refractivity contribution in [3.05, 3.63) is 35.5 Å². The molecule has 0 aliphatic heterocycles. The molecule has 0 radical (unpaired) electrons. The van der Waals surface area contributed by atoms with Gasteiger partial charge in [-0.1, -0.05) is 97.8 Å². The van der Waals surface area contributed by atoms with Gasteiger partial charge < -0.3 is 0 Å². The van der Waals surface area contributed by atoms with E-state index in [4.69, 9.17) is 0 Å². The lowest BCUT2D eigenvalue weighted by Crippen LogP contribution is -2.20. The van der Waals surface area contributed by atoms with Crippen LogP contribution in [0, 0.1) is 22.2 Å². The first kappa shape index (κ1) is 27.3. The van der Waals surface area contributed by atoms with Crippen molar-refractivity contribution < 1.29 is 0 Å². The highest BCUT2D eigenvalue weighted by Gasteiger charge is 2.23. The summed E-state index contributed by atoms with van der Waals surface area (Å²) in [5.41, 5.74) is 4.71. The molecule has 1 unspecified atom stereocenters. The van der Waals surface area contributed by atoms with E-state index in [1.807, 2.05) is 0 Å². The van der Waals surface area contributed by atoms with Crippen LogP contribution in [0.25, 0.3) is 0 Å². The minimum Gasteiger partial charge on any atom is -0.0885 e. The predicted octanol–water partition coefficient (Wildman–Crippen LogP) is 10.5. The summed E-state index contributed by atoms with van der Waals surface area (Å²) in [6, 6.07) is 0. The molecule has 3 aliphatic carbocycles. The van der Waals surface area contributed by atoms with Crippen molar-refractivity contribution in [2.75, 3.05) is 0 Å². The monoisotopic (exact) mass is 414 g/mol. The molecule has 0 aromatic heterocycles. The van der Waals surface area contributed by atoms with Crippen LogP contribution < -0.4 is 0 Å². The summed E-state index contributed by atoms with van der Waals surface area (Å²) in [6.07, 6.45) is 24.4. The van der Waals surface area contributed by atoms with Gasteiger partial charge in [0, 0.05) is 0 Å². The Morgan fingerprint density at radius 1 is 0.600 bits per heavy atom. The smallest absolute Gasteiger partial charge is 0.0173 e. The Kier molecular flexibility index (Phi) is 11.2. The summed E-state index contributed by atoms with van der Waals surface area (Å²) >= 11 is 0. The molecule has 0 saturated heterocycles. The third kappa shape index (κ3) is 11.0. The molecule has 0 nitrogen and oxygen atoms in total. The topological polar surface area (TPSA) is 0 Å². The maximum absolute atomic E-state index is 2.43. The van der Waals surface area contributed by atoms with Gasteiger partial charge in [-0.3, -0.25) is 0 Å². The van der Waals surface area contributed by atoms with Gasteiger partial charge in [-0.2, -0.15) is 0 Å². The first-order valence-electron chi connectivity index (χ1n) is 12.9. The molecule has 0 fully saturated rings. The molecule has 0 aromatic rings. The van der Waals surface area contributed by atoms with E-state index in [0.29, 0.717) is 16.2 Å². The number of allylic oxidation sites excluding steroid dienone is 6. The van der Waals surface area contributed by atoms with Crippen molar-refractivity contribution >= 4 is 0 Å². The normalized spacial score (nSPS) is 22.6. The lowest BCUT2D eigenvalue weighted by atomic mass is 9.74. The SMILES string of the molecule is CC(C)(C)C1=CCCCC1.CC(C)(C)C1=CCCCC1.CC(C)(C)C1CC=CCC1. The standard InChI is InChI=1S/3C10H18/c3*1-10(2,3)9-7-5-4-6-8-9/h2*7H,4-6,8H2,1-3H3;4-5,9H,6-8H2,1-3H3. The Morgan fingerprint density at radius 2 is 1.07 bits per heavy atom. The summed E-state index contributed by atoms with van der Waals surface area (Å²) in [5.74, 6) is 0.914. The largest absolute Gasteiger partial charge is 0.0885 e. The molecular weight excluding hydrogens is 360 g/mol. The molecule has 0 aromatic carbocycles. The summed E-state index contributed by atoms with van der Waals surface area (Å²) in [5, 5.41) is 0. The first-order chi connectivity index (χ1) is 13.8. The van der Waals surface area contributed by atoms with Gasteiger partial charge in [-0.15, -0.1) is 0 Å². The van der Waals surface area contributed by atoms with Crippen LogP contribution in [-0.4, -0.2) is 0 Å². The van der Waals surface area contributed by atoms with Crippen LogP contribution >= 0.6 is 0 Å². The Balaban J connectivity index is 0.000000225. The van der Waals surface area contributed by atoms with Crippen molar-refractivity contribution in [2.45, 2.75) is 133 Å². The second kappa shape index (κ2) is 12.3. The Bertz CT molecular complexity index is 527. The van der Waals surface area contributed by atoms with Crippen LogP contribution in [0.15, 0.2) is 35.5 Å². The van der Waals surface area contributed by atoms with Gasteiger partial charge in [-0.05, 0) is 92.8 Å². The van der Waals surface area contributed by atoms with Crippen LogP contribution in [0.1, 0.15) is 133 Å². The predicted molar refractivity (Wildman–Crippen MR) is 138 cm³/mol. The first-order valence-corrected chi connectivity index (χ1v) is 12.9. The van der Waals surface area contributed by atoms with Gasteiger partial charge in [0.05, 0.1) is 0 Å². The summed E-state index contributed by atoms with van der Waals surface area (Å²) in [4.78, 5) is 0. The van der Waals surface area contributed by atoms with Gasteiger partial charge in [0.1, 0.15) is 0 Å². The molecule has 0 heterocycles. The van der Waals surface area contributed by atoms with E-state index in [1.54, 1.807) is 11.1 Å². The van der Waals surface area contributed by atoms with E-state index in [2.05, 4.69) is 86.6 Å². The van der Waals surface area contributed by atoms with Crippen molar-refractivity contribution in [3.8, 4) is 0 Å². The molecule has 0 saturated carbocycles. The molecule has 0 heteroatoms. The van der Waals surface area contributed by atoms with Gasteiger partial charge in [0.15, 0.2) is 0 Å². The third-order valence-corrected chi connectivity index (χ3v) is 7.00. The van der Waals surface area contributed by atoms with E-state index in [-0.39, 0.29) is 0 Å². The average molecular weight is 415 g/mol. The maximum Gasteiger partial charge on any atom is -0.0173 e. The lowest BCUT2D eigenvalue weighted by molar-refractivity contribution is 0.223. The highest BCUT2D eigenvalue weighted by Crippen LogP contribution is 2.35. The van der Waals surface area contributed by atoms with E-state index in [1.165, 1.54) is 70.6 Å².